The smallest absolute Gasteiger partial charge is 0.261 e. The molecule has 1 fully saturated rings. The quantitative estimate of drug-likeness (QED) is 0.634. The van der Waals surface area contributed by atoms with Gasteiger partial charge in [-0.1, -0.05) is 24.3 Å². The second-order valence-corrected chi connectivity index (χ2v) is 8.27. The number of halogens is 1. The van der Waals surface area contributed by atoms with E-state index in [9.17, 15) is 14.0 Å². The topological polar surface area (TPSA) is 82.5 Å². The third-order valence-electron chi connectivity index (χ3n) is 5.36. The molecule has 2 aromatic heterocycles. The molecular formula is C22H22FN3O3S. The van der Waals surface area contributed by atoms with E-state index in [1.165, 1.54) is 17.4 Å². The van der Waals surface area contributed by atoms with Crippen molar-refractivity contribution in [3.05, 3.63) is 64.4 Å². The molecule has 156 valence electrons. The van der Waals surface area contributed by atoms with E-state index >= 15 is 0 Å². The molecule has 0 spiro atoms. The largest absolute Gasteiger partial charge is 0.395 e. The number of benzene rings is 1. The van der Waals surface area contributed by atoms with Gasteiger partial charge < -0.3 is 15.3 Å². The number of aliphatic hydroxyl groups is 1. The molecule has 4 rings (SSSR count). The van der Waals surface area contributed by atoms with Gasteiger partial charge in [-0.25, -0.2) is 9.37 Å². The Morgan fingerprint density at radius 3 is 2.90 bits per heavy atom. The standard InChI is InChI=1S/C22H22FN3O3S/c23-17-6-2-1-4-14(17)12-18(28)26-10-7-15(13-26)19-16-5-3-8-25-22(16)30-20(19)21(29)24-9-11-27/h1-6,8,15,27H,7,9-13H2,(H,24,29). The first kappa shape index (κ1) is 20.4. The van der Waals surface area contributed by atoms with Gasteiger partial charge in [0.1, 0.15) is 10.6 Å². The molecule has 1 saturated heterocycles. The molecule has 30 heavy (non-hydrogen) atoms. The highest BCUT2D eigenvalue weighted by Gasteiger charge is 2.33. The van der Waals surface area contributed by atoms with Crippen LogP contribution in [0.5, 0.6) is 0 Å². The second-order valence-electron chi connectivity index (χ2n) is 7.27. The molecule has 1 aliphatic heterocycles. The minimum Gasteiger partial charge on any atom is -0.395 e. The van der Waals surface area contributed by atoms with Gasteiger partial charge in [0, 0.05) is 37.1 Å². The van der Waals surface area contributed by atoms with E-state index in [2.05, 4.69) is 10.3 Å². The maximum Gasteiger partial charge on any atom is 0.261 e. The van der Waals surface area contributed by atoms with E-state index < -0.39 is 0 Å². The van der Waals surface area contributed by atoms with Gasteiger partial charge in [0.25, 0.3) is 5.91 Å². The van der Waals surface area contributed by atoms with Crippen LogP contribution in [0.3, 0.4) is 0 Å². The van der Waals surface area contributed by atoms with Gasteiger partial charge in [-0.2, -0.15) is 0 Å². The Morgan fingerprint density at radius 1 is 1.27 bits per heavy atom. The number of thiophene rings is 1. The molecular weight excluding hydrogens is 405 g/mol. The van der Waals surface area contributed by atoms with Crippen LogP contribution < -0.4 is 5.32 Å². The molecule has 3 aromatic rings. The predicted molar refractivity (Wildman–Crippen MR) is 113 cm³/mol. The third kappa shape index (κ3) is 4.06. The second kappa shape index (κ2) is 8.89. The number of fused-ring (bicyclic) bond motifs is 1. The maximum atomic E-state index is 13.9. The van der Waals surface area contributed by atoms with Gasteiger partial charge >= 0.3 is 0 Å². The van der Waals surface area contributed by atoms with Crippen LogP contribution in [0.4, 0.5) is 4.39 Å². The highest BCUT2D eigenvalue weighted by molar-refractivity contribution is 7.20. The fourth-order valence-electron chi connectivity index (χ4n) is 3.91. The lowest BCUT2D eigenvalue weighted by Gasteiger charge is -2.17. The predicted octanol–water partition coefficient (Wildman–Crippen LogP) is 2.72. The number of rotatable bonds is 6. The van der Waals surface area contributed by atoms with Crippen molar-refractivity contribution in [2.75, 3.05) is 26.2 Å². The fraction of sp³-hybridized carbons (Fsp3) is 0.318. The molecule has 2 amide bonds. The summed E-state index contributed by atoms with van der Waals surface area (Å²) in [5.41, 5.74) is 1.29. The van der Waals surface area contributed by atoms with Crippen molar-refractivity contribution in [1.29, 1.82) is 0 Å². The van der Waals surface area contributed by atoms with Gasteiger partial charge in [-0.05, 0) is 29.7 Å². The normalized spacial score (nSPS) is 16.2. The molecule has 0 saturated carbocycles. The molecule has 0 bridgehead atoms. The number of likely N-dealkylation sites (tertiary alicyclic amines) is 1. The number of nitrogens with zero attached hydrogens (tertiary/aromatic N) is 2. The zero-order chi connectivity index (χ0) is 21.1. The van der Waals surface area contributed by atoms with Crippen LogP contribution in [-0.2, 0) is 11.2 Å². The Labute approximate surface area is 177 Å². The fourth-order valence-corrected chi connectivity index (χ4v) is 5.06. The minimum absolute atomic E-state index is 0.00222. The van der Waals surface area contributed by atoms with E-state index in [0.717, 1.165) is 22.2 Å². The van der Waals surface area contributed by atoms with Gasteiger partial charge in [-0.3, -0.25) is 9.59 Å². The van der Waals surface area contributed by atoms with Crippen molar-refractivity contribution in [3.63, 3.8) is 0 Å². The highest BCUT2D eigenvalue weighted by Crippen LogP contribution is 2.39. The van der Waals surface area contributed by atoms with Crippen LogP contribution in [-0.4, -0.2) is 53.0 Å². The summed E-state index contributed by atoms with van der Waals surface area (Å²) >= 11 is 1.33. The van der Waals surface area contributed by atoms with Crippen molar-refractivity contribution in [2.45, 2.75) is 18.8 Å². The number of aliphatic hydroxyl groups excluding tert-OH is 1. The number of carbonyl (C=O) groups is 2. The number of hydrogen-bond donors (Lipinski definition) is 2. The van der Waals surface area contributed by atoms with Crippen LogP contribution in [0, 0.1) is 5.82 Å². The number of carbonyl (C=O) groups excluding carboxylic acids is 2. The van der Waals surface area contributed by atoms with Crippen LogP contribution >= 0.6 is 11.3 Å². The van der Waals surface area contributed by atoms with Crippen LogP contribution in [0.1, 0.15) is 33.1 Å². The van der Waals surface area contributed by atoms with E-state index in [1.807, 2.05) is 12.1 Å². The molecule has 0 radical (unpaired) electrons. The van der Waals surface area contributed by atoms with Crippen molar-refractivity contribution < 1.29 is 19.1 Å². The first-order chi connectivity index (χ1) is 14.6. The maximum absolute atomic E-state index is 13.9. The van der Waals surface area contributed by atoms with Crippen molar-refractivity contribution in [3.8, 4) is 0 Å². The molecule has 1 aliphatic rings. The molecule has 0 aliphatic carbocycles. The average molecular weight is 428 g/mol. The molecule has 3 heterocycles. The summed E-state index contributed by atoms with van der Waals surface area (Å²) in [5.74, 6) is -0.730. The zero-order valence-corrected chi connectivity index (χ0v) is 17.1. The van der Waals surface area contributed by atoms with Crippen LogP contribution in [0.15, 0.2) is 42.6 Å². The zero-order valence-electron chi connectivity index (χ0n) is 16.3. The summed E-state index contributed by atoms with van der Waals surface area (Å²) in [6.45, 7) is 1.09. The summed E-state index contributed by atoms with van der Waals surface area (Å²) in [4.78, 5) is 32.9. The lowest BCUT2D eigenvalue weighted by atomic mass is 9.95. The Balaban J connectivity index is 1.57. The van der Waals surface area contributed by atoms with Crippen LogP contribution in [0.25, 0.3) is 10.2 Å². The van der Waals surface area contributed by atoms with Crippen molar-refractivity contribution in [1.82, 2.24) is 15.2 Å². The molecule has 1 atom stereocenters. The first-order valence-electron chi connectivity index (χ1n) is 9.86. The van der Waals surface area contributed by atoms with Crippen molar-refractivity contribution >= 4 is 33.4 Å². The average Bonchev–Trinajstić information content (AvgIpc) is 3.38. The molecule has 8 heteroatoms. The minimum atomic E-state index is -0.376. The lowest BCUT2D eigenvalue weighted by molar-refractivity contribution is -0.129. The Kier molecular flexibility index (Phi) is 6.06. The van der Waals surface area contributed by atoms with Gasteiger partial charge in [0.15, 0.2) is 0 Å². The van der Waals surface area contributed by atoms with Gasteiger partial charge in [0.2, 0.25) is 5.91 Å². The molecule has 2 N–H and O–H groups in total. The Morgan fingerprint density at radius 2 is 2.10 bits per heavy atom. The van der Waals surface area contributed by atoms with E-state index in [4.69, 9.17) is 5.11 Å². The summed E-state index contributed by atoms with van der Waals surface area (Å²) in [7, 11) is 0. The number of pyridine rings is 1. The van der Waals surface area contributed by atoms with E-state index in [-0.39, 0.29) is 43.1 Å². The number of amides is 2. The Bertz CT molecular complexity index is 1080. The van der Waals surface area contributed by atoms with Crippen LogP contribution in [0.2, 0.25) is 0 Å². The lowest BCUT2D eigenvalue weighted by Crippen LogP contribution is -2.30. The number of hydrogen-bond acceptors (Lipinski definition) is 5. The summed E-state index contributed by atoms with van der Waals surface area (Å²) in [6, 6.07) is 10.1. The third-order valence-corrected chi connectivity index (χ3v) is 6.49. The molecule has 1 unspecified atom stereocenters. The first-order valence-corrected chi connectivity index (χ1v) is 10.7. The van der Waals surface area contributed by atoms with Gasteiger partial charge in [0.05, 0.1) is 17.9 Å². The Hall–Kier alpha value is -2.84. The molecule has 6 nitrogen and oxygen atoms in total. The summed E-state index contributed by atoms with van der Waals surface area (Å²) < 4.78 is 13.9. The van der Waals surface area contributed by atoms with E-state index in [1.54, 1.807) is 29.3 Å². The summed E-state index contributed by atoms with van der Waals surface area (Å²) in [6.07, 6.45) is 2.44. The highest BCUT2D eigenvalue weighted by atomic mass is 32.1. The molecule has 1 aromatic carbocycles. The van der Waals surface area contributed by atoms with E-state index in [0.29, 0.717) is 23.5 Å². The van der Waals surface area contributed by atoms with Gasteiger partial charge in [-0.15, -0.1) is 11.3 Å². The summed E-state index contributed by atoms with van der Waals surface area (Å²) in [5, 5.41) is 12.7. The number of aromatic nitrogens is 1. The number of nitrogens with one attached hydrogen (secondary N) is 1. The monoisotopic (exact) mass is 427 g/mol. The van der Waals surface area contributed by atoms with Crippen molar-refractivity contribution in [2.24, 2.45) is 0 Å². The SMILES string of the molecule is O=C(NCCO)c1sc2ncccc2c1C1CCN(C(=O)Cc2ccccc2F)C1.